The number of carbonyl (C=O) groups is 2. The van der Waals surface area contributed by atoms with E-state index >= 15 is 0 Å². The molecule has 1 saturated carbocycles. The predicted molar refractivity (Wildman–Crippen MR) is 92.5 cm³/mol. The molecule has 25 heavy (non-hydrogen) atoms. The molecule has 0 aromatic carbocycles. The minimum Gasteiger partial charge on any atom is -0.458 e. The molecule has 5 heteroatoms. The van der Waals surface area contributed by atoms with Crippen molar-refractivity contribution < 1.29 is 24.2 Å². The smallest absolute Gasteiger partial charge is 0.333 e. The van der Waals surface area contributed by atoms with E-state index in [1.165, 1.54) is 0 Å². The topological polar surface area (TPSA) is 72.8 Å². The SMILES string of the molecule is C/C=C(/C)C(=O)O[C@H]1C[C@](C)(O)C2=CCC(C)=C2[C@H]2OC(=O)[C@@H](C)C12. The van der Waals surface area contributed by atoms with Gasteiger partial charge in [-0.25, -0.2) is 4.79 Å². The Hall–Kier alpha value is -1.88. The van der Waals surface area contributed by atoms with Gasteiger partial charge in [-0.05, 0) is 45.3 Å². The van der Waals surface area contributed by atoms with E-state index in [1.807, 2.05) is 19.9 Å². The zero-order valence-electron chi connectivity index (χ0n) is 15.5. The number of fused-ring (bicyclic) bond motifs is 3. The standard InChI is InChI=1S/C20H26O5/c1-6-10(2)18(21)24-14-9-20(5,23)13-8-7-11(3)15(13)17-16(14)12(4)19(22)25-17/h6,8,12,14,16-17,23H,7,9H2,1-5H3/b10-6-/t12-,14-,16?,17+,20-/m0/s1. The second-order valence-electron chi connectivity index (χ2n) is 7.63. The molecular formula is C20H26O5. The highest BCUT2D eigenvalue weighted by atomic mass is 16.6. The maximum atomic E-state index is 12.3. The molecule has 0 aromatic heterocycles. The first-order chi connectivity index (χ1) is 11.7. The van der Waals surface area contributed by atoms with Crippen molar-refractivity contribution in [2.75, 3.05) is 0 Å². The van der Waals surface area contributed by atoms with Gasteiger partial charge in [0.15, 0.2) is 0 Å². The Morgan fingerprint density at radius 3 is 2.80 bits per heavy atom. The van der Waals surface area contributed by atoms with Crippen molar-refractivity contribution in [1.29, 1.82) is 0 Å². The summed E-state index contributed by atoms with van der Waals surface area (Å²) in [6.07, 6.45) is 3.64. The molecule has 136 valence electrons. The lowest BCUT2D eigenvalue weighted by atomic mass is 9.83. The molecule has 0 bridgehead atoms. The Bertz CT molecular complexity index is 710. The molecule has 1 heterocycles. The fourth-order valence-electron chi connectivity index (χ4n) is 4.22. The molecule has 5 atom stereocenters. The van der Waals surface area contributed by atoms with Gasteiger partial charge >= 0.3 is 11.9 Å². The van der Waals surface area contributed by atoms with E-state index in [1.54, 1.807) is 26.8 Å². The molecule has 3 aliphatic rings. The summed E-state index contributed by atoms with van der Waals surface area (Å²) in [5.41, 5.74) is 2.20. The van der Waals surface area contributed by atoms with Gasteiger partial charge in [-0.2, -0.15) is 0 Å². The molecule has 0 spiro atoms. The minimum atomic E-state index is -1.13. The maximum Gasteiger partial charge on any atom is 0.333 e. The fourth-order valence-corrected chi connectivity index (χ4v) is 4.22. The summed E-state index contributed by atoms with van der Waals surface area (Å²) in [7, 11) is 0. The highest BCUT2D eigenvalue weighted by Crippen LogP contribution is 2.50. The third-order valence-corrected chi connectivity index (χ3v) is 5.81. The van der Waals surface area contributed by atoms with Crippen LogP contribution in [0.3, 0.4) is 0 Å². The van der Waals surface area contributed by atoms with Crippen molar-refractivity contribution in [2.45, 2.75) is 65.3 Å². The average Bonchev–Trinajstić information content (AvgIpc) is 3.03. The summed E-state index contributed by atoms with van der Waals surface area (Å²) >= 11 is 0. The number of hydrogen-bond donors (Lipinski definition) is 1. The van der Waals surface area contributed by atoms with Crippen LogP contribution in [0.2, 0.25) is 0 Å². The molecule has 3 rings (SSSR count). The van der Waals surface area contributed by atoms with E-state index in [2.05, 4.69) is 0 Å². The second-order valence-corrected chi connectivity index (χ2v) is 7.63. The van der Waals surface area contributed by atoms with Gasteiger partial charge in [0.25, 0.3) is 0 Å². The predicted octanol–water partition coefficient (Wildman–Crippen LogP) is 2.84. The molecule has 2 aliphatic carbocycles. The third kappa shape index (κ3) is 2.84. The van der Waals surface area contributed by atoms with Crippen molar-refractivity contribution in [3.8, 4) is 0 Å². The molecule has 1 unspecified atom stereocenters. The van der Waals surface area contributed by atoms with Crippen molar-refractivity contribution >= 4 is 11.9 Å². The van der Waals surface area contributed by atoms with Crippen LogP contribution in [-0.2, 0) is 19.1 Å². The molecule has 1 N–H and O–H groups in total. The van der Waals surface area contributed by atoms with Gasteiger partial charge in [0.1, 0.15) is 12.2 Å². The van der Waals surface area contributed by atoms with Gasteiger partial charge in [0, 0.05) is 12.0 Å². The molecule has 0 radical (unpaired) electrons. The van der Waals surface area contributed by atoms with Crippen molar-refractivity contribution in [3.05, 3.63) is 34.4 Å². The van der Waals surface area contributed by atoms with Crippen molar-refractivity contribution in [1.82, 2.24) is 0 Å². The maximum absolute atomic E-state index is 12.3. The molecular weight excluding hydrogens is 320 g/mol. The zero-order chi connectivity index (χ0) is 18.5. The minimum absolute atomic E-state index is 0.250. The van der Waals surface area contributed by atoms with Crippen LogP contribution in [0, 0.1) is 11.8 Å². The van der Waals surface area contributed by atoms with Crippen LogP contribution >= 0.6 is 0 Å². The highest BCUT2D eigenvalue weighted by Gasteiger charge is 2.56. The van der Waals surface area contributed by atoms with Crippen LogP contribution in [0.25, 0.3) is 0 Å². The lowest BCUT2D eigenvalue weighted by molar-refractivity contribution is -0.151. The van der Waals surface area contributed by atoms with Crippen LogP contribution < -0.4 is 0 Å². The van der Waals surface area contributed by atoms with Crippen molar-refractivity contribution in [2.24, 2.45) is 11.8 Å². The molecule has 1 saturated heterocycles. The van der Waals surface area contributed by atoms with Gasteiger partial charge in [-0.1, -0.05) is 24.6 Å². The zero-order valence-corrected chi connectivity index (χ0v) is 15.5. The van der Waals surface area contributed by atoms with E-state index in [0.717, 1.165) is 23.1 Å². The summed E-state index contributed by atoms with van der Waals surface area (Å²) in [5, 5.41) is 11.1. The Kier molecular flexibility index (Phi) is 4.40. The third-order valence-electron chi connectivity index (χ3n) is 5.81. The van der Waals surface area contributed by atoms with Crippen LogP contribution in [0.1, 0.15) is 47.5 Å². The first-order valence-electron chi connectivity index (χ1n) is 8.84. The van der Waals surface area contributed by atoms with Gasteiger partial charge in [0.2, 0.25) is 0 Å². The number of aliphatic hydroxyl groups is 1. The largest absolute Gasteiger partial charge is 0.458 e. The summed E-state index contributed by atoms with van der Waals surface area (Å²) in [6.45, 7) is 9.02. The van der Waals surface area contributed by atoms with E-state index in [4.69, 9.17) is 9.47 Å². The van der Waals surface area contributed by atoms with Crippen LogP contribution in [-0.4, -0.2) is 34.9 Å². The molecule has 1 aliphatic heterocycles. The fraction of sp³-hybridized carbons (Fsp3) is 0.600. The Labute approximate surface area is 148 Å². The first-order valence-corrected chi connectivity index (χ1v) is 8.84. The van der Waals surface area contributed by atoms with Gasteiger partial charge in [-0.15, -0.1) is 0 Å². The quantitative estimate of drug-likeness (QED) is 0.615. The van der Waals surface area contributed by atoms with Crippen LogP contribution in [0.4, 0.5) is 0 Å². The van der Waals surface area contributed by atoms with Gasteiger partial charge < -0.3 is 14.6 Å². The number of allylic oxidation sites excluding steroid dienone is 3. The highest BCUT2D eigenvalue weighted by molar-refractivity contribution is 5.88. The summed E-state index contributed by atoms with van der Waals surface area (Å²) in [5.74, 6) is -1.36. The monoisotopic (exact) mass is 346 g/mol. The number of esters is 2. The van der Waals surface area contributed by atoms with E-state index < -0.39 is 23.8 Å². The molecule has 5 nitrogen and oxygen atoms in total. The average molecular weight is 346 g/mol. The summed E-state index contributed by atoms with van der Waals surface area (Å²) < 4.78 is 11.4. The summed E-state index contributed by atoms with van der Waals surface area (Å²) in [4.78, 5) is 24.6. The first kappa shape index (κ1) is 17.9. The van der Waals surface area contributed by atoms with Gasteiger partial charge in [0.05, 0.1) is 17.4 Å². The Morgan fingerprint density at radius 2 is 2.16 bits per heavy atom. The van der Waals surface area contributed by atoms with Gasteiger partial charge in [-0.3, -0.25) is 4.79 Å². The number of carbonyl (C=O) groups excluding carboxylic acids is 2. The molecule has 2 fully saturated rings. The van der Waals surface area contributed by atoms with E-state index in [9.17, 15) is 14.7 Å². The number of rotatable bonds is 2. The lowest BCUT2D eigenvalue weighted by Gasteiger charge is -2.29. The van der Waals surface area contributed by atoms with Crippen LogP contribution in [0.15, 0.2) is 34.4 Å². The summed E-state index contributed by atoms with van der Waals surface area (Å²) in [6, 6.07) is 0. The van der Waals surface area contributed by atoms with E-state index in [-0.39, 0.29) is 24.2 Å². The molecule has 0 amide bonds. The normalized spacial score (nSPS) is 37.9. The Morgan fingerprint density at radius 1 is 1.48 bits per heavy atom. The number of ether oxygens (including phenoxy) is 2. The number of hydrogen-bond acceptors (Lipinski definition) is 5. The Balaban J connectivity index is 2.04. The van der Waals surface area contributed by atoms with Crippen molar-refractivity contribution in [3.63, 3.8) is 0 Å². The molecule has 0 aromatic rings. The second kappa shape index (κ2) is 6.13. The lowest BCUT2D eigenvalue weighted by Crippen LogP contribution is -2.38. The van der Waals surface area contributed by atoms with E-state index in [0.29, 0.717) is 5.57 Å². The van der Waals surface area contributed by atoms with Crippen LogP contribution in [0.5, 0.6) is 0 Å².